The number of amides is 2. The summed E-state index contributed by atoms with van der Waals surface area (Å²) in [5.74, 6) is 5.54. The summed E-state index contributed by atoms with van der Waals surface area (Å²) in [6.07, 6.45) is 2.07. The van der Waals surface area contributed by atoms with Crippen molar-refractivity contribution in [1.82, 2.24) is 29.5 Å². The molecule has 10 nitrogen and oxygen atoms in total. The molecule has 0 spiro atoms. The van der Waals surface area contributed by atoms with Crippen molar-refractivity contribution in [2.45, 2.75) is 39.3 Å². The Morgan fingerprint density at radius 2 is 1.89 bits per heavy atom. The molecular formula is C33H28F3N7O3. The fourth-order valence-electron chi connectivity index (χ4n) is 4.99. The molecule has 0 saturated heterocycles. The van der Waals surface area contributed by atoms with E-state index in [0.717, 1.165) is 25.0 Å². The molecule has 0 fully saturated rings. The van der Waals surface area contributed by atoms with E-state index >= 15 is 0 Å². The van der Waals surface area contributed by atoms with Gasteiger partial charge in [-0.15, -0.1) is 0 Å². The van der Waals surface area contributed by atoms with Crippen LogP contribution in [0, 0.1) is 25.7 Å². The molecule has 1 aliphatic heterocycles. The standard InChI is InChI=1S/C33H28F3N7O3/c1-20-18-42(19-39-20)26-14-23(33(34,35)36)13-24(15-26)40-31(44)28-16-27-12-22(21(28)2)6-7-25-17-38-30-9-8-29(41-43(25)30)32(45)37-10-4-3-5-11-46-27/h8-9,12-19H,3-5,10-11H2,1-2H3,(H,37,45)(H,40,44). The number of ether oxygens (including phenoxy) is 1. The summed E-state index contributed by atoms with van der Waals surface area (Å²) in [5, 5.41) is 9.91. The van der Waals surface area contributed by atoms with Crippen molar-refractivity contribution in [2.24, 2.45) is 0 Å². The molecule has 2 N–H and O–H groups in total. The van der Waals surface area contributed by atoms with Gasteiger partial charge in [0, 0.05) is 35.2 Å². The second-order valence-electron chi connectivity index (χ2n) is 10.8. The van der Waals surface area contributed by atoms with Crippen molar-refractivity contribution in [1.29, 1.82) is 0 Å². The number of alkyl halides is 3. The number of anilines is 1. The van der Waals surface area contributed by atoms with Gasteiger partial charge in [0.1, 0.15) is 17.1 Å². The first-order valence-electron chi connectivity index (χ1n) is 14.5. The van der Waals surface area contributed by atoms with Crippen molar-refractivity contribution in [2.75, 3.05) is 18.5 Å². The van der Waals surface area contributed by atoms with E-state index in [-0.39, 0.29) is 28.5 Å². The van der Waals surface area contributed by atoms with Gasteiger partial charge in [-0.2, -0.15) is 18.3 Å². The van der Waals surface area contributed by atoms with E-state index < -0.39 is 17.6 Å². The first-order chi connectivity index (χ1) is 22.0. The average molecular weight is 628 g/mol. The van der Waals surface area contributed by atoms with E-state index in [1.165, 1.54) is 27.7 Å². The monoisotopic (exact) mass is 627 g/mol. The number of rotatable bonds is 3. The molecule has 4 heterocycles. The number of imidazole rings is 2. The summed E-state index contributed by atoms with van der Waals surface area (Å²) in [6, 6.07) is 9.88. The first kappa shape index (κ1) is 30.4. The van der Waals surface area contributed by atoms with Gasteiger partial charge in [-0.1, -0.05) is 5.92 Å². The topological polar surface area (TPSA) is 115 Å². The molecular weight excluding hydrogens is 599 g/mol. The van der Waals surface area contributed by atoms with Gasteiger partial charge < -0.3 is 19.9 Å². The molecule has 46 heavy (non-hydrogen) atoms. The van der Waals surface area contributed by atoms with E-state index in [0.29, 0.717) is 53.5 Å². The minimum atomic E-state index is -4.64. The van der Waals surface area contributed by atoms with Crippen LogP contribution in [0.1, 0.15) is 68.2 Å². The number of nitrogens with one attached hydrogen (secondary N) is 2. The summed E-state index contributed by atoms with van der Waals surface area (Å²) < 4.78 is 50.4. The molecule has 0 saturated carbocycles. The number of nitrogens with zero attached hydrogens (tertiary/aromatic N) is 5. The number of hydrogen-bond acceptors (Lipinski definition) is 6. The molecule has 3 aromatic heterocycles. The van der Waals surface area contributed by atoms with Crippen molar-refractivity contribution in [3.63, 3.8) is 0 Å². The maximum atomic E-state index is 13.8. The Morgan fingerprint density at radius 3 is 2.67 bits per heavy atom. The van der Waals surface area contributed by atoms with Gasteiger partial charge >= 0.3 is 6.18 Å². The van der Waals surface area contributed by atoms with Crippen molar-refractivity contribution >= 4 is 23.1 Å². The van der Waals surface area contributed by atoms with Crippen molar-refractivity contribution in [3.05, 3.63) is 101 Å². The highest BCUT2D eigenvalue weighted by Crippen LogP contribution is 2.33. The summed E-state index contributed by atoms with van der Waals surface area (Å²) in [4.78, 5) is 34.7. The SMILES string of the molecule is Cc1cn(-c2cc(NC(=O)c3cc4cc(c3C)C#Cc3cnc5ccc(nn35)C(=O)NCCCCCO4)cc(C(F)(F)F)c2)cn1. The smallest absolute Gasteiger partial charge is 0.416 e. The van der Waals surface area contributed by atoms with Crippen LogP contribution in [0.4, 0.5) is 18.9 Å². The second-order valence-corrected chi connectivity index (χ2v) is 10.8. The summed E-state index contributed by atoms with van der Waals surface area (Å²) in [6.45, 7) is 4.23. The van der Waals surface area contributed by atoms with Crippen molar-refractivity contribution in [3.8, 4) is 23.3 Å². The van der Waals surface area contributed by atoms with Crippen molar-refractivity contribution < 1.29 is 27.5 Å². The molecule has 0 radical (unpaired) electrons. The van der Waals surface area contributed by atoms with Crippen LogP contribution in [0.3, 0.4) is 0 Å². The molecule has 0 atom stereocenters. The van der Waals surface area contributed by atoms with Crippen LogP contribution in [0.5, 0.6) is 5.75 Å². The van der Waals surface area contributed by atoms with E-state index in [1.54, 1.807) is 44.3 Å². The van der Waals surface area contributed by atoms with Crippen LogP contribution >= 0.6 is 0 Å². The van der Waals surface area contributed by atoms with Gasteiger partial charge in [0.25, 0.3) is 11.8 Å². The highest BCUT2D eigenvalue weighted by Gasteiger charge is 2.32. The third-order valence-corrected chi connectivity index (χ3v) is 7.43. The quantitative estimate of drug-likeness (QED) is 0.256. The molecule has 234 valence electrons. The summed E-state index contributed by atoms with van der Waals surface area (Å²) >= 11 is 0. The number of hydrogen-bond donors (Lipinski definition) is 2. The third kappa shape index (κ3) is 6.56. The fourth-order valence-corrected chi connectivity index (χ4v) is 4.99. The lowest BCUT2D eigenvalue weighted by Gasteiger charge is -2.16. The molecule has 2 amide bonds. The zero-order valence-electron chi connectivity index (χ0n) is 24.9. The molecule has 2 aromatic carbocycles. The van der Waals surface area contributed by atoms with Crippen LogP contribution in [0.25, 0.3) is 11.3 Å². The van der Waals surface area contributed by atoms with Crippen LogP contribution in [-0.4, -0.2) is 49.1 Å². The van der Waals surface area contributed by atoms with Crippen LogP contribution in [-0.2, 0) is 6.18 Å². The number of aromatic nitrogens is 5. The van der Waals surface area contributed by atoms with Gasteiger partial charge in [0.05, 0.1) is 30.4 Å². The van der Waals surface area contributed by atoms with Gasteiger partial charge in [0.15, 0.2) is 5.65 Å². The first-order valence-corrected chi connectivity index (χ1v) is 14.5. The minimum Gasteiger partial charge on any atom is -0.494 e. The molecule has 0 aliphatic carbocycles. The predicted octanol–water partition coefficient (Wildman–Crippen LogP) is 5.50. The van der Waals surface area contributed by atoms with E-state index in [2.05, 4.69) is 37.5 Å². The number of aryl methyl sites for hydroxylation is 1. The Labute approximate surface area is 261 Å². The van der Waals surface area contributed by atoms with Gasteiger partial charge in [-0.3, -0.25) is 9.59 Å². The molecule has 5 aromatic rings. The molecule has 13 heteroatoms. The number of fused-ring (bicyclic) bond motifs is 3. The number of carbonyl (C=O) groups excluding carboxylic acids is 2. The Morgan fingerprint density at radius 1 is 1.04 bits per heavy atom. The maximum Gasteiger partial charge on any atom is 0.416 e. The summed E-state index contributed by atoms with van der Waals surface area (Å²) in [5.41, 5.74) is 2.14. The van der Waals surface area contributed by atoms with E-state index in [4.69, 9.17) is 4.74 Å². The third-order valence-electron chi connectivity index (χ3n) is 7.43. The number of carbonyl (C=O) groups is 2. The normalized spacial score (nSPS) is 13.8. The Hall–Kier alpha value is -5.64. The predicted molar refractivity (Wildman–Crippen MR) is 163 cm³/mol. The van der Waals surface area contributed by atoms with Crippen LogP contribution in [0.15, 0.2) is 61.2 Å². The highest BCUT2D eigenvalue weighted by atomic mass is 19.4. The number of halogens is 3. The largest absolute Gasteiger partial charge is 0.494 e. The zero-order chi connectivity index (χ0) is 32.4. The maximum absolute atomic E-state index is 13.8. The Bertz CT molecular complexity index is 2040. The minimum absolute atomic E-state index is 0.0409. The molecule has 6 rings (SSSR count). The summed E-state index contributed by atoms with van der Waals surface area (Å²) in [7, 11) is 0. The van der Waals surface area contributed by atoms with Gasteiger partial charge in [-0.05, 0) is 87.1 Å². The Balaban J connectivity index is 1.39. The number of benzene rings is 2. The van der Waals surface area contributed by atoms with Crippen LogP contribution in [0.2, 0.25) is 0 Å². The highest BCUT2D eigenvalue weighted by molar-refractivity contribution is 6.06. The molecule has 1 aliphatic rings. The second kappa shape index (κ2) is 12.4. The lowest BCUT2D eigenvalue weighted by Crippen LogP contribution is -2.26. The van der Waals surface area contributed by atoms with E-state index in [1.807, 2.05) is 0 Å². The lowest BCUT2D eigenvalue weighted by molar-refractivity contribution is -0.137. The molecule has 4 bridgehead atoms. The van der Waals surface area contributed by atoms with Gasteiger partial charge in [0.2, 0.25) is 0 Å². The van der Waals surface area contributed by atoms with Gasteiger partial charge in [-0.25, -0.2) is 14.5 Å². The zero-order valence-corrected chi connectivity index (χ0v) is 24.9. The van der Waals surface area contributed by atoms with E-state index in [9.17, 15) is 22.8 Å². The molecule has 0 unspecified atom stereocenters. The fraction of sp³-hybridized carbons (Fsp3) is 0.242. The average Bonchev–Trinajstić information content (AvgIpc) is 3.65. The van der Waals surface area contributed by atoms with Crippen LogP contribution < -0.4 is 15.4 Å². The Kier molecular flexibility index (Phi) is 8.19. The lowest BCUT2D eigenvalue weighted by atomic mass is 10.0.